The number of hydrogen-bond donors (Lipinski definition) is 2. The average molecular weight is 390 g/mol. The summed E-state index contributed by atoms with van der Waals surface area (Å²) >= 11 is 5.71. The minimum absolute atomic E-state index is 0.0385. The molecule has 1 aliphatic heterocycles. The van der Waals surface area contributed by atoms with Gasteiger partial charge in [-0.05, 0) is 48.2 Å². The Morgan fingerprint density at radius 1 is 1.19 bits per heavy atom. The van der Waals surface area contributed by atoms with Gasteiger partial charge < -0.3 is 11.1 Å². The molecule has 1 heterocycles. The highest BCUT2D eigenvalue weighted by molar-refractivity contribution is 6.30. The molecule has 3 rings (SSSR count). The van der Waals surface area contributed by atoms with E-state index in [1.807, 2.05) is 12.1 Å². The Labute approximate surface area is 164 Å². The molecule has 2 aromatic carbocycles. The summed E-state index contributed by atoms with van der Waals surface area (Å²) < 4.78 is 13.5. The fraction of sp³-hybridized carbons (Fsp3) is 0.381. The first kappa shape index (κ1) is 19.8. The van der Waals surface area contributed by atoms with Gasteiger partial charge in [0.15, 0.2) is 0 Å². The number of halogens is 2. The summed E-state index contributed by atoms with van der Waals surface area (Å²) in [4.78, 5) is 13.7. The third-order valence-corrected chi connectivity index (χ3v) is 5.25. The van der Waals surface area contributed by atoms with E-state index >= 15 is 0 Å². The predicted molar refractivity (Wildman–Crippen MR) is 106 cm³/mol. The summed E-state index contributed by atoms with van der Waals surface area (Å²) in [6.45, 7) is 3.82. The Morgan fingerprint density at radius 2 is 1.93 bits per heavy atom. The van der Waals surface area contributed by atoms with Crippen LogP contribution < -0.4 is 11.1 Å². The third-order valence-electron chi connectivity index (χ3n) is 4.95. The Bertz CT molecular complexity index is 799. The van der Waals surface area contributed by atoms with Crippen molar-refractivity contribution in [3.8, 4) is 0 Å². The molecule has 144 valence electrons. The van der Waals surface area contributed by atoms with E-state index in [1.165, 1.54) is 17.2 Å². The van der Waals surface area contributed by atoms with Gasteiger partial charge in [0, 0.05) is 26.2 Å². The maximum atomic E-state index is 13.5. The number of carbonyl (C=O) groups is 1. The largest absolute Gasteiger partial charge is 0.369 e. The fourth-order valence-corrected chi connectivity index (χ4v) is 3.65. The van der Waals surface area contributed by atoms with Crippen LogP contribution in [0.2, 0.25) is 5.02 Å². The highest BCUT2D eigenvalue weighted by Crippen LogP contribution is 2.19. The summed E-state index contributed by atoms with van der Waals surface area (Å²) in [6.07, 6.45) is 1.90. The molecule has 0 saturated carbocycles. The van der Waals surface area contributed by atoms with E-state index in [4.69, 9.17) is 17.3 Å². The van der Waals surface area contributed by atoms with Crippen LogP contribution in [0, 0.1) is 11.7 Å². The molecule has 0 bridgehead atoms. The first-order chi connectivity index (χ1) is 13.0. The van der Waals surface area contributed by atoms with Crippen LogP contribution in [0.5, 0.6) is 0 Å². The molecule has 3 N–H and O–H groups in total. The van der Waals surface area contributed by atoms with Gasteiger partial charge >= 0.3 is 0 Å². The van der Waals surface area contributed by atoms with Gasteiger partial charge in [0.2, 0.25) is 5.91 Å². The van der Waals surface area contributed by atoms with Crippen LogP contribution in [0.1, 0.15) is 29.5 Å². The molecule has 1 saturated heterocycles. The zero-order chi connectivity index (χ0) is 19.2. The maximum absolute atomic E-state index is 13.5. The smallest absolute Gasteiger partial charge is 0.221 e. The summed E-state index contributed by atoms with van der Waals surface area (Å²) in [5, 5.41) is 3.47. The van der Waals surface area contributed by atoms with Gasteiger partial charge in [0.05, 0.1) is 10.9 Å². The van der Waals surface area contributed by atoms with Gasteiger partial charge in [-0.1, -0.05) is 41.9 Å². The lowest BCUT2D eigenvalue weighted by molar-refractivity contribution is -0.123. The Kier molecular flexibility index (Phi) is 6.83. The molecule has 2 aromatic rings. The molecule has 6 heteroatoms. The van der Waals surface area contributed by atoms with E-state index in [0.717, 1.165) is 38.0 Å². The highest BCUT2D eigenvalue weighted by Gasteiger charge is 2.23. The summed E-state index contributed by atoms with van der Waals surface area (Å²) in [6, 6.07) is 13.2. The van der Waals surface area contributed by atoms with Crippen LogP contribution in [-0.2, 0) is 24.4 Å². The minimum Gasteiger partial charge on any atom is -0.369 e. The van der Waals surface area contributed by atoms with Crippen molar-refractivity contribution in [1.82, 2.24) is 10.2 Å². The second-order valence-corrected chi connectivity index (χ2v) is 7.56. The third kappa shape index (κ3) is 5.76. The van der Waals surface area contributed by atoms with E-state index < -0.39 is 5.82 Å². The first-order valence-corrected chi connectivity index (χ1v) is 9.63. The number of benzene rings is 2. The summed E-state index contributed by atoms with van der Waals surface area (Å²) in [5.74, 6) is -0.631. The number of nitrogens with two attached hydrogens (primary N) is 1. The van der Waals surface area contributed by atoms with E-state index in [0.29, 0.717) is 13.1 Å². The van der Waals surface area contributed by atoms with E-state index in [-0.39, 0.29) is 16.8 Å². The number of hydrogen-bond acceptors (Lipinski definition) is 3. The summed E-state index contributed by atoms with van der Waals surface area (Å²) in [5.41, 5.74) is 8.71. The lowest BCUT2D eigenvalue weighted by atomic mass is 9.97. The lowest BCUT2D eigenvalue weighted by Gasteiger charge is -2.31. The molecule has 4 nitrogen and oxygen atoms in total. The topological polar surface area (TPSA) is 58.4 Å². The van der Waals surface area contributed by atoms with Gasteiger partial charge in [-0.25, -0.2) is 4.39 Å². The van der Waals surface area contributed by atoms with E-state index in [2.05, 4.69) is 28.4 Å². The number of nitrogens with zero attached hydrogens (tertiary/aromatic N) is 1. The summed E-state index contributed by atoms with van der Waals surface area (Å²) in [7, 11) is 0. The monoisotopic (exact) mass is 389 g/mol. The van der Waals surface area contributed by atoms with Gasteiger partial charge in [-0.3, -0.25) is 9.69 Å². The van der Waals surface area contributed by atoms with Crippen molar-refractivity contribution in [1.29, 1.82) is 0 Å². The molecule has 1 amide bonds. The molecule has 1 aliphatic rings. The molecule has 27 heavy (non-hydrogen) atoms. The lowest BCUT2D eigenvalue weighted by Crippen LogP contribution is -2.40. The average Bonchev–Trinajstić information content (AvgIpc) is 2.65. The molecular formula is C21H25ClFN3O. The molecule has 0 aromatic heterocycles. The van der Waals surface area contributed by atoms with Crippen LogP contribution in [-0.4, -0.2) is 23.9 Å². The van der Waals surface area contributed by atoms with E-state index in [9.17, 15) is 9.18 Å². The van der Waals surface area contributed by atoms with Gasteiger partial charge in [0.1, 0.15) is 5.82 Å². The van der Waals surface area contributed by atoms with Gasteiger partial charge in [-0.15, -0.1) is 0 Å². The van der Waals surface area contributed by atoms with E-state index in [1.54, 1.807) is 6.07 Å². The first-order valence-electron chi connectivity index (χ1n) is 9.25. The van der Waals surface area contributed by atoms with Gasteiger partial charge in [-0.2, -0.15) is 0 Å². The molecule has 0 radical (unpaired) electrons. The number of primary amides is 1. The Morgan fingerprint density at radius 3 is 2.67 bits per heavy atom. The maximum Gasteiger partial charge on any atom is 0.221 e. The van der Waals surface area contributed by atoms with Crippen molar-refractivity contribution in [3.05, 3.63) is 70.0 Å². The van der Waals surface area contributed by atoms with Crippen molar-refractivity contribution >= 4 is 17.5 Å². The van der Waals surface area contributed by atoms with Crippen molar-refractivity contribution in [2.24, 2.45) is 11.7 Å². The second kappa shape index (κ2) is 9.31. The van der Waals surface area contributed by atoms with Crippen LogP contribution in [0.25, 0.3) is 0 Å². The Hall–Kier alpha value is -1.95. The number of rotatable bonds is 7. The molecular weight excluding hydrogens is 365 g/mol. The molecule has 1 unspecified atom stereocenters. The molecule has 0 aliphatic carbocycles. The van der Waals surface area contributed by atoms with Crippen LogP contribution in [0.15, 0.2) is 42.5 Å². The molecule has 1 fully saturated rings. The predicted octanol–water partition coefficient (Wildman–Crippen LogP) is 3.47. The zero-order valence-electron chi connectivity index (χ0n) is 15.3. The van der Waals surface area contributed by atoms with Crippen molar-refractivity contribution in [2.45, 2.75) is 32.5 Å². The van der Waals surface area contributed by atoms with Gasteiger partial charge in [0.25, 0.3) is 0 Å². The minimum atomic E-state index is -0.395. The quantitative estimate of drug-likeness (QED) is 0.762. The zero-order valence-corrected chi connectivity index (χ0v) is 16.0. The van der Waals surface area contributed by atoms with Crippen molar-refractivity contribution in [2.75, 3.05) is 13.1 Å². The highest BCUT2D eigenvalue weighted by atomic mass is 35.5. The SMILES string of the molecule is NC(=O)C1CCCN(Cc2cccc(CNCc3ccc(Cl)c(F)c3)c2)C1. The van der Waals surface area contributed by atoms with Crippen LogP contribution >= 0.6 is 11.6 Å². The standard InChI is InChI=1S/C21H25ClFN3O/c22-19-7-6-16(10-20(19)23)12-25-11-15-3-1-4-17(9-15)13-26-8-2-5-18(14-26)21(24)27/h1,3-4,6-7,9-10,18,25H,2,5,8,11-14H2,(H2,24,27). The number of piperidine rings is 1. The number of amides is 1. The fourth-order valence-electron chi connectivity index (χ4n) is 3.53. The number of nitrogens with one attached hydrogen (secondary N) is 1. The Balaban J connectivity index is 1.52. The molecule has 0 spiro atoms. The molecule has 1 atom stereocenters. The number of likely N-dealkylation sites (tertiary alicyclic amines) is 1. The normalized spacial score (nSPS) is 17.8. The number of carbonyl (C=O) groups excluding carboxylic acids is 1. The van der Waals surface area contributed by atoms with Crippen LogP contribution in [0.3, 0.4) is 0 Å². The van der Waals surface area contributed by atoms with Crippen molar-refractivity contribution in [3.63, 3.8) is 0 Å². The van der Waals surface area contributed by atoms with Crippen LogP contribution in [0.4, 0.5) is 4.39 Å². The second-order valence-electron chi connectivity index (χ2n) is 7.15. The van der Waals surface area contributed by atoms with Crippen molar-refractivity contribution < 1.29 is 9.18 Å².